The van der Waals surface area contributed by atoms with Crippen molar-refractivity contribution in [3.63, 3.8) is 0 Å². The molecule has 4 rings (SSSR count). The first kappa shape index (κ1) is 31.7. The van der Waals surface area contributed by atoms with Gasteiger partial charge in [0.1, 0.15) is 11.8 Å². The Hall–Kier alpha value is -3.21. The first-order valence-electron chi connectivity index (χ1n) is 14.0. The molecule has 228 valence electrons. The average molecular weight is 601 g/mol. The molecule has 2 heterocycles. The van der Waals surface area contributed by atoms with Crippen LogP contribution in [-0.4, -0.2) is 84.7 Å². The molecule has 5 atom stereocenters. The number of fused-ring (bicyclic) bond motifs is 1. The molecule has 0 saturated carbocycles. The summed E-state index contributed by atoms with van der Waals surface area (Å²) in [4.78, 5) is 13.7. The van der Waals surface area contributed by atoms with Crippen molar-refractivity contribution in [2.75, 3.05) is 26.3 Å². The van der Waals surface area contributed by atoms with Crippen LogP contribution in [-0.2, 0) is 25.9 Å². The highest BCUT2D eigenvalue weighted by Gasteiger charge is 2.47. The first-order valence-corrected chi connectivity index (χ1v) is 15.5. The zero-order valence-electron chi connectivity index (χ0n) is 23.8. The van der Waals surface area contributed by atoms with Crippen LogP contribution in [0.3, 0.4) is 0 Å². The minimum Gasteiger partial charge on any atom is -0.530 e. The lowest BCUT2D eigenvalue weighted by atomic mass is 9.87. The normalized spacial score (nSPS) is 21.9. The van der Waals surface area contributed by atoms with E-state index in [2.05, 4.69) is 6.07 Å². The van der Waals surface area contributed by atoms with E-state index in [1.165, 1.54) is 24.3 Å². The van der Waals surface area contributed by atoms with Gasteiger partial charge in [0.15, 0.2) is 6.29 Å². The van der Waals surface area contributed by atoms with E-state index < -0.39 is 52.6 Å². The van der Waals surface area contributed by atoms with Crippen molar-refractivity contribution in [1.29, 1.82) is 5.26 Å². The highest BCUT2D eigenvalue weighted by atomic mass is 32.2. The van der Waals surface area contributed by atoms with Crippen molar-refractivity contribution in [2.24, 2.45) is 11.3 Å². The zero-order valence-corrected chi connectivity index (χ0v) is 24.7. The van der Waals surface area contributed by atoms with Gasteiger partial charge in [0.05, 0.1) is 42.4 Å². The second kappa shape index (κ2) is 13.4. The van der Waals surface area contributed by atoms with Gasteiger partial charge >= 0.3 is 0 Å². The predicted octanol–water partition coefficient (Wildman–Crippen LogP) is 2.09. The van der Waals surface area contributed by atoms with Gasteiger partial charge in [-0.15, -0.1) is 0 Å². The molecule has 2 aromatic rings. The number of aliphatic hydroxyl groups excluding tert-OH is 1. The number of aliphatic hydroxyl groups is 1. The van der Waals surface area contributed by atoms with E-state index in [-0.39, 0.29) is 42.6 Å². The van der Waals surface area contributed by atoms with Crippen molar-refractivity contribution in [2.45, 2.75) is 68.9 Å². The molecule has 0 bridgehead atoms. The molecular weight excluding hydrogens is 562 g/mol. The average Bonchev–Trinajstić information content (AvgIpc) is 3.57. The lowest BCUT2D eigenvalue weighted by Gasteiger charge is -2.43. The number of carbonyl (C=O) groups is 1. The molecule has 12 heteroatoms. The Balaban J connectivity index is 1.70. The van der Waals surface area contributed by atoms with E-state index in [1.807, 2.05) is 32.0 Å². The highest BCUT2D eigenvalue weighted by Crippen LogP contribution is 2.36. The number of benzene rings is 2. The topological polar surface area (TPSA) is 163 Å². The number of hydrogen-bond acceptors (Lipinski definition) is 9. The minimum atomic E-state index is -4.20. The Morgan fingerprint density at radius 2 is 1.86 bits per heavy atom. The fraction of sp³-hybridized carbons (Fsp3) is 0.533. The lowest BCUT2D eigenvalue weighted by Crippen LogP contribution is -2.61. The molecule has 1 amide bonds. The second-order valence-corrected chi connectivity index (χ2v) is 13.6. The third kappa shape index (κ3) is 7.40. The number of hydrogen-bond donors (Lipinski definition) is 2. The molecular formula is C30H38N3O8S-. The van der Waals surface area contributed by atoms with Gasteiger partial charge in [-0.2, -0.15) is 9.57 Å². The van der Waals surface area contributed by atoms with E-state index >= 15 is 0 Å². The van der Waals surface area contributed by atoms with Gasteiger partial charge in [0.25, 0.3) is 0 Å². The Bertz CT molecular complexity index is 1350. The molecule has 2 aliphatic rings. The molecule has 2 aliphatic heterocycles. The molecule has 2 aromatic carbocycles. The summed E-state index contributed by atoms with van der Waals surface area (Å²) in [6.45, 7) is 3.71. The van der Waals surface area contributed by atoms with Gasteiger partial charge in [-0.25, -0.2) is 8.42 Å². The van der Waals surface area contributed by atoms with Crippen molar-refractivity contribution in [1.82, 2.24) is 9.21 Å². The number of ether oxygens (including phenoxy) is 2. The Labute approximate surface area is 246 Å². The standard InChI is InChI=1S/C30H39N3O8S/c1-30(2,14-6-15-31)20-32(42(38,39)23-11-9-22(34)10-12-23)18-27(35)25(17-21-7-4-3-5-8-21)33(29(36)37)26-19-41-28-24(26)13-16-40-28/h3-5,7-12,24-28,34-35H,6,13-14,16-20H2,1-2H3,(H,36,37)/p-1/t24-,25-,26-,27+,28+/m0/s1. The maximum Gasteiger partial charge on any atom is 0.243 e. The van der Waals surface area contributed by atoms with Gasteiger partial charge in [-0.1, -0.05) is 44.2 Å². The quantitative estimate of drug-likeness (QED) is 0.350. The fourth-order valence-corrected chi connectivity index (χ4v) is 7.46. The summed E-state index contributed by atoms with van der Waals surface area (Å²) in [5, 5.41) is 43.4. The van der Waals surface area contributed by atoms with Crippen LogP contribution >= 0.6 is 0 Å². The van der Waals surface area contributed by atoms with E-state index in [0.717, 1.165) is 14.8 Å². The summed E-state index contributed by atoms with van der Waals surface area (Å²) in [5.41, 5.74) is 0.115. The van der Waals surface area contributed by atoms with E-state index in [4.69, 9.17) is 14.7 Å². The molecule has 0 aromatic heterocycles. The molecule has 0 spiro atoms. The Morgan fingerprint density at radius 1 is 1.17 bits per heavy atom. The van der Waals surface area contributed by atoms with E-state index in [9.17, 15) is 28.5 Å². The van der Waals surface area contributed by atoms with Gasteiger partial charge < -0.3 is 34.5 Å². The zero-order chi connectivity index (χ0) is 30.5. The van der Waals surface area contributed by atoms with Gasteiger partial charge in [0, 0.05) is 25.4 Å². The smallest absolute Gasteiger partial charge is 0.243 e. The molecule has 42 heavy (non-hydrogen) atoms. The highest BCUT2D eigenvalue weighted by molar-refractivity contribution is 7.89. The largest absolute Gasteiger partial charge is 0.530 e. The molecule has 2 saturated heterocycles. The van der Waals surface area contributed by atoms with Crippen LogP contribution in [0.25, 0.3) is 0 Å². The predicted molar refractivity (Wildman–Crippen MR) is 150 cm³/mol. The van der Waals surface area contributed by atoms with Crippen LogP contribution in [0, 0.1) is 22.7 Å². The number of phenolic OH excluding ortho intramolecular Hbond substituents is 1. The van der Waals surface area contributed by atoms with E-state index in [0.29, 0.717) is 19.4 Å². The van der Waals surface area contributed by atoms with Gasteiger partial charge in [-0.05, 0) is 54.5 Å². The van der Waals surface area contributed by atoms with Crippen molar-refractivity contribution >= 4 is 16.1 Å². The van der Waals surface area contributed by atoms with Gasteiger partial charge in [0.2, 0.25) is 10.0 Å². The molecule has 0 unspecified atom stereocenters. The maximum absolute atomic E-state index is 13.9. The number of nitriles is 1. The van der Waals surface area contributed by atoms with Crippen LogP contribution in [0.5, 0.6) is 5.75 Å². The van der Waals surface area contributed by atoms with Crippen molar-refractivity contribution in [3.05, 3.63) is 60.2 Å². The minimum absolute atomic E-state index is 0.0383. The summed E-state index contributed by atoms with van der Waals surface area (Å²) >= 11 is 0. The summed E-state index contributed by atoms with van der Waals surface area (Å²) < 4.78 is 40.3. The van der Waals surface area contributed by atoms with Crippen molar-refractivity contribution < 1.29 is 38.0 Å². The number of phenols is 1. The third-order valence-electron chi connectivity index (χ3n) is 8.05. The van der Waals surface area contributed by atoms with Crippen LogP contribution < -0.4 is 5.11 Å². The number of amides is 1. The number of rotatable bonds is 13. The summed E-state index contributed by atoms with van der Waals surface area (Å²) in [5.74, 6) is -0.342. The molecule has 0 radical (unpaired) electrons. The van der Waals surface area contributed by atoms with E-state index in [1.54, 1.807) is 12.1 Å². The van der Waals surface area contributed by atoms with Crippen molar-refractivity contribution in [3.8, 4) is 11.8 Å². The second-order valence-electron chi connectivity index (χ2n) is 11.7. The Morgan fingerprint density at radius 3 is 2.50 bits per heavy atom. The number of nitrogens with zero attached hydrogens (tertiary/aromatic N) is 3. The molecule has 0 aliphatic carbocycles. The van der Waals surface area contributed by atoms with Crippen LogP contribution in [0.2, 0.25) is 0 Å². The number of sulfonamides is 1. The maximum atomic E-state index is 13.9. The lowest BCUT2D eigenvalue weighted by molar-refractivity contribution is -0.273. The number of carboxylic acid groups (broad SMARTS) is 1. The molecule has 11 nitrogen and oxygen atoms in total. The summed E-state index contributed by atoms with van der Waals surface area (Å²) in [6, 6.07) is 14.5. The Kier molecular flexibility index (Phi) is 10.1. The molecule has 2 N–H and O–H groups in total. The fourth-order valence-electron chi connectivity index (χ4n) is 5.82. The SMILES string of the molecule is CC(C)(CCC#N)CN(C[C@@H](O)[C@H](Cc1ccccc1)N(C(=O)[O-])[C@H]1CO[C@H]2OCC[C@H]21)S(=O)(=O)c1ccc(O)cc1. The van der Waals surface area contributed by atoms with Crippen LogP contribution in [0.15, 0.2) is 59.5 Å². The third-order valence-corrected chi connectivity index (χ3v) is 9.87. The monoisotopic (exact) mass is 600 g/mol. The van der Waals surface area contributed by atoms with Crippen LogP contribution in [0.4, 0.5) is 4.79 Å². The van der Waals surface area contributed by atoms with Crippen LogP contribution in [0.1, 0.15) is 38.7 Å². The first-order chi connectivity index (χ1) is 19.9. The summed E-state index contributed by atoms with van der Waals surface area (Å²) in [7, 11) is -4.20. The number of carbonyl (C=O) groups excluding carboxylic acids is 1. The van der Waals surface area contributed by atoms with Gasteiger partial charge in [-0.3, -0.25) is 0 Å². The summed E-state index contributed by atoms with van der Waals surface area (Å²) in [6.07, 6.45) is -2.18. The molecule has 2 fully saturated rings. The number of aromatic hydroxyl groups is 1.